The van der Waals surface area contributed by atoms with Crippen LogP contribution in [0.25, 0.3) is 0 Å². The lowest BCUT2D eigenvalue weighted by molar-refractivity contribution is -0.117. The molecule has 4 heteroatoms. The Hall–Kier alpha value is -0.345. The number of ketones is 1. The molecule has 1 saturated heterocycles. The standard InChI is InChI=1S/C12H23BO3/c1-9(14)8-10(2,3)13-15-11(4,5)12(6,7)16-13/h8H2,1-7H3. The van der Waals surface area contributed by atoms with Crippen molar-refractivity contribution in [1.82, 2.24) is 0 Å². The van der Waals surface area contributed by atoms with E-state index in [-0.39, 0.29) is 29.4 Å². The van der Waals surface area contributed by atoms with Gasteiger partial charge in [-0.05, 0) is 34.6 Å². The van der Waals surface area contributed by atoms with Crippen LogP contribution in [0.1, 0.15) is 54.9 Å². The Morgan fingerprint density at radius 2 is 1.50 bits per heavy atom. The van der Waals surface area contributed by atoms with Crippen molar-refractivity contribution in [1.29, 1.82) is 0 Å². The second kappa shape index (κ2) is 3.85. The van der Waals surface area contributed by atoms with Gasteiger partial charge in [0.1, 0.15) is 5.78 Å². The van der Waals surface area contributed by atoms with E-state index in [1.807, 2.05) is 41.5 Å². The van der Waals surface area contributed by atoms with Crippen LogP contribution in [-0.4, -0.2) is 24.1 Å². The minimum absolute atomic E-state index is 0.166. The molecule has 1 fully saturated rings. The quantitative estimate of drug-likeness (QED) is 0.694. The molecular weight excluding hydrogens is 203 g/mol. The number of Topliss-reactive ketones (excluding diaryl/α,β-unsaturated/α-hetero) is 1. The number of hydrogen-bond donors (Lipinski definition) is 0. The third-order valence-corrected chi connectivity index (χ3v) is 3.60. The topological polar surface area (TPSA) is 35.5 Å². The molecule has 1 heterocycles. The molecule has 0 spiro atoms. The van der Waals surface area contributed by atoms with Crippen molar-refractivity contribution in [3.05, 3.63) is 0 Å². The summed E-state index contributed by atoms with van der Waals surface area (Å²) in [6.45, 7) is 13.7. The molecular formula is C12H23BO3. The highest BCUT2D eigenvalue weighted by Gasteiger charge is 2.56. The zero-order valence-corrected chi connectivity index (χ0v) is 11.5. The summed E-state index contributed by atoms with van der Waals surface area (Å²) < 4.78 is 11.9. The van der Waals surface area contributed by atoms with Crippen molar-refractivity contribution in [3.8, 4) is 0 Å². The Labute approximate surface area is 99.0 Å². The average Bonchev–Trinajstić information content (AvgIpc) is 2.18. The molecule has 0 radical (unpaired) electrons. The molecule has 0 aromatic rings. The lowest BCUT2D eigenvalue weighted by Gasteiger charge is -2.32. The summed E-state index contributed by atoms with van der Waals surface area (Å²) in [6.07, 6.45) is 0.476. The molecule has 92 valence electrons. The van der Waals surface area contributed by atoms with Crippen molar-refractivity contribution < 1.29 is 14.1 Å². The first-order valence-electron chi connectivity index (χ1n) is 5.83. The molecule has 0 aromatic heterocycles. The van der Waals surface area contributed by atoms with Crippen LogP contribution in [0.3, 0.4) is 0 Å². The molecule has 0 amide bonds. The molecule has 0 saturated carbocycles. The molecule has 1 aliphatic rings. The number of rotatable bonds is 3. The van der Waals surface area contributed by atoms with Gasteiger partial charge in [0, 0.05) is 11.7 Å². The van der Waals surface area contributed by atoms with Crippen LogP contribution in [0.2, 0.25) is 5.31 Å². The van der Waals surface area contributed by atoms with E-state index >= 15 is 0 Å². The predicted octanol–water partition coefficient (Wildman–Crippen LogP) is 2.84. The smallest absolute Gasteiger partial charge is 0.403 e. The van der Waals surface area contributed by atoms with E-state index in [2.05, 4.69) is 0 Å². The molecule has 16 heavy (non-hydrogen) atoms. The summed E-state index contributed by atoms with van der Waals surface area (Å²) in [5.74, 6) is 0.166. The van der Waals surface area contributed by atoms with Crippen LogP contribution in [0, 0.1) is 0 Å². The van der Waals surface area contributed by atoms with Gasteiger partial charge in [0.2, 0.25) is 0 Å². The van der Waals surface area contributed by atoms with E-state index in [1.54, 1.807) is 6.92 Å². The largest absolute Gasteiger partial charge is 0.464 e. The minimum atomic E-state index is -0.328. The van der Waals surface area contributed by atoms with Gasteiger partial charge in [0.25, 0.3) is 0 Å². The maximum Gasteiger partial charge on any atom is 0.464 e. The minimum Gasteiger partial charge on any atom is -0.403 e. The van der Waals surface area contributed by atoms with E-state index in [0.717, 1.165) is 0 Å². The van der Waals surface area contributed by atoms with Gasteiger partial charge in [-0.3, -0.25) is 0 Å². The second-order valence-electron chi connectivity index (χ2n) is 6.46. The third-order valence-electron chi connectivity index (χ3n) is 3.60. The van der Waals surface area contributed by atoms with Crippen molar-refractivity contribution in [2.75, 3.05) is 0 Å². The summed E-state index contributed by atoms with van der Waals surface area (Å²) in [4.78, 5) is 11.2. The fourth-order valence-electron chi connectivity index (χ4n) is 1.89. The van der Waals surface area contributed by atoms with E-state index in [0.29, 0.717) is 6.42 Å². The van der Waals surface area contributed by atoms with Gasteiger partial charge in [-0.15, -0.1) is 0 Å². The van der Waals surface area contributed by atoms with Crippen molar-refractivity contribution in [3.63, 3.8) is 0 Å². The first-order valence-corrected chi connectivity index (χ1v) is 5.83. The van der Waals surface area contributed by atoms with Crippen LogP contribution in [-0.2, 0) is 14.1 Å². The summed E-state index contributed by atoms with van der Waals surface area (Å²) in [6, 6.07) is 0. The Morgan fingerprint density at radius 3 is 1.81 bits per heavy atom. The molecule has 0 bridgehead atoms. The normalized spacial score (nSPS) is 23.6. The van der Waals surface area contributed by atoms with Gasteiger partial charge < -0.3 is 14.1 Å². The van der Waals surface area contributed by atoms with Crippen LogP contribution >= 0.6 is 0 Å². The monoisotopic (exact) mass is 226 g/mol. The zero-order valence-electron chi connectivity index (χ0n) is 11.5. The Bertz CT molecular complexity index is 279. The van der Waals surface area contributed by atoms with Gasteiger partial charge in [-0.25, -0.2) is 0 Å². The van der Waals surface area contributed by atoms with Gasteiger partial charge in [0.15, 0.2) is 0 Å². The first-order chi connectivity index (χ1) is 6.98. The molecule has 1 aliphatic heterocycles. The summed E-state index contributed by atoms with van der Waals surface area (Å²) in [5, 5.41) is -0.281. The number of carbonyl (C=O) groups excluding carboxylic acids is 1. The summed E-state index contributed by atoms with van der Waals surface area (Å²) in [7, 11) is -0.318. The lowest BCUT2D eigenvalue weighted by Crippen LogP contribution is -2.41. The Balaban J connectivity index is 2.83. The lowest BCUT2D eigenvalue weighted by atomic mass is 9.57. The van der Waals surface area contributed by atoms with Crippen LogP contribution in [0.5, 0.6) is 0 Å². The van der Waals surface area contributed by atoms with Gasteiger partial charge >= 0.3 is 7.12 Å². The third kappa shape index (κ3) is 2.49. The average molecular weight is 226 g/mol. The molecule has 0 atom stereocenters. The Kier molecular flexibility index (Phi) is 3.30. The summed E-state index contributed by atoms with van der Waals surface area (Å²) >= 11 is 0. The van der Waals surface area contributed by atoms with Gasteiger partial charge in [-0.2, -0.15) is 0 Å². The van der Waals surface area contributed by atoms with E-state index in [9.17, 15) is 4.79 Å². The number of carbonyl (C=O) groups is 1. The van der Waals surface area contributed by atoms with E-state index in [1.165, 1.54) is 0 Å². The van der Waals surface area contributed by atoms with E-state index < -0.39 is 0 Å². The van der Waals surface area contributed by atoms with Crippen molar-refractivity contribution in [2.24, 2.45) is 0 Å². The number of hydrogen-bond acceptors (Lipinski definition) is 3. The molecule has 0 unspecified atom stereocenters. The van der Waals surface area contributed by atoms with Crippen LogP contribution in [0.4, 0.5) is 0 Å². The zero-order chi connectivity index (χ0) is 12.8. The van der Waals surface area contributed by atoms with Crippen LogP contribution in [0.15, 0.2) is 0 Å². The van der Waals surface area contributed by atoms with Crippen LogP contribution < -0.4 is 0 Å². The van der Waals surface area contributed by atoms with Crippen molar-refractivity contribution in [2.45, 2.75) is 71.4 Å². The molecule has 0 N–H and O–H groups in total. The second-order valence-corrected chi connectivity index (χ2v) is 6.46. The SMILES string of the molecule is CC(=O)CC(C)(C)B1OC(C)(C)C(C)(C)O1. The Morgan fingerprint density at radius 1 is 1.12 bits per heavy atom. The molecule has 0 aromatic carbocycles. The summed E-state index contributed by atoms with van der Waals surface area (Å²) in [5.41, 5.74) is -0.655. The van der Waals surface area contributed by atoms with Crippen molar-refractivity contribution >= 4 is 12.9 Å². The fraction of sp³-hybridized carbons (Fsp3) is 0.917. The highest BCUT2D eigenvalue weighted by atomic mass is 16.7. The highest BCUT2D eigenvalue weighted by molar-refractivity contribution is 6.49. The molecule has 1 rings (SSSR count). The predicted molar refractivity (Wildman–Crippen MR) is 65.4 cm³/mol. The fourth-order valence-corrected chi connectivity index (χ4v) is 1.89. The van der Waals surface area contributed by atoms with Gasteiger partial charge in [-0.1, -0.05) is 13.8 Å². The molecule has 3 nitrogen and oxygen atoms in total. The highest BCUT2D eigenvalue weighted by Crippen LogP contribution is 2.46. The maximum atomic E-state index is 11.2. The first kappa shape index (κ1) is 13.7. The van der Waals surface area contributed by atoms with Gasteiger partial charge in [0.05, 0.1) is 11.2 Å². The van der Waals surface area contributed by atoms with E-state index in [4.69, 9.17) is 9.31 Å². The molecule has 0 aliphatic carbocycles. The maximum absolute atomic E-state index is 11.2.